The van der Waals surface area contributed by atoms with Crippen LogP contribution in [0.1, 0.15) is 31.4 Å². The highest BCUT2D eigenvalue weighted by Crippen LogP contribution is 2.27. The lowest BCUT2D eigenvalue weighted by Gasteiger charge is -2.26. The molecule has 2 rings (SSSR count). The Bertz CT molecular complexity index is 481. The predicted octanol–water partition coefficient (Wildman–Crippen LogP) is 1.89. The summed E-state index contributed by atoms with van der Waals surface area (Å²) in [4.78, 5) is 14.0. The van der Waals surface area contributed by atoms with Crippen LogP contribution in [0.5, 0.6) is 0 Å². The van der Waals surface area contributed by atoms with Crippen molar-refractivity contribution in [3.05, 3.63) is 18.0 Å². The van der Waals surface area contributed by atoms with Crippen LogP contribution in [0.2, 0.25) is 0 Å². The van der Waals surface area contributed by atoms with Gasteiger partial charge < -0.3 is 10.2 Å². The summed E-state index contributed by atoms with van der Waals surface area (Å²) in [5, 5.41) is 6.06. The van der Waals surface area contributed by atoms with Crippen molar-refractivity contribution < 1.29 is 18.0 Å². The van der Waals surface area contributed by atoms with E-state index in [0.29, 0.717) is 6.54 Å². The van der Waals surface area contributed by atoms with E-state index in [0.717, 1.165) is 43.0 Å². The largest absolute Gasteiger partial charge is 0.435 e. The molecule has 0 aromatic carbocycles. The summed E-state index contributed by atoms with van der Waals surface area (Å²) in [6.07, 6.45) is 1.28. The minimum atomic E-state index is -4.48. The van der Waals surface area contributed by atoms with Crippen LogP contribution in [0.3, 0.4) is 0 Å². The van der Waals surface area contributed by atoms with Crippen molar-refractivity contribution in [1.29, 1.82) is 0 Å². The van der Waals surface area contributed by atoms with Gasteiger partial charge in [0, 0.05) is 12.7 Å². The van der Waals surface area contributed by atoms with E-state index < -0.39 is 11.9 Å². The molecule has 0 radical (unpaired) electrons. The van der Waals surface area contributed by atoms with Crippen LogP contribution in [0.4, 0.5) is 13.2 Å². The average molecular weight is 318 g/mol. The second-order valence-corrected chi connectivity index (χ2v) is 5.50. The van der Waals surface area contributed by atoms with Crippen LogP contribution >= 0.6 is 0 Å². The standard InChI is InChI=1S/C14H21F3N4O/c15-14(16,17)12-5-10-21(19-12)11-13(22)18-6-4-9-20-7-2-1-3-8-20/h5,10H,1-4,6-9,11H2,(H,18,22). The van der Waals surface area contributed by atoms with E-state index in [1.807, 2.05) is 0 Å². The first-order valence-electron chi connectivity index (χ1n) is 7.55. The van der Waals surface area contributed by atoms with Crippen LogP contribution in [0.15, 0.2) is 12.3 Å². The van der Waals surface area contributed by atoms with Crippen LogP contribution in [-0.4, -0.2) is 46.8 Å². The third kappa shape index (κ3) is 5.32. The Kier molecular flexibility index (Phi) is 5.82. The van der Waals surface area contributed by atoms with E-state index in [9.17, 15) is 18.0 Å². The molecule has 1 amide bonds. The Balaban J connectivity index is 1.64. The lowest BCUT2D eigenvalue weighted by Crippen LogP contribution is -2.34. The quantitative estimate of drug-likeness (QED) is 0.815. The van der Waals surface area contributed by atoms with E-state index in [1.54, 1.807) is 0 Å². The molecule has 2 heterocycles. The van der Waals surface area contributed by atoms with Crippen molar-refractivity contribution in [3.8, 4) is 0 Å². The average Bonchev–Trinajstić information content (AvgIpc) is 2.93. The number of carbonyl (C=O) groups excluding carboxylic acids is 1. The molecule has 0 spiro atoms. The normalized spacial score (nSPS) is 16.7. The predicted molar refractivity (Wildman–Crippen MR) is 75.1 cm³/mol. The second kappa shape index (κ2) is 7.62. The molecule has 1 aliphatic rings. The van der Waals surface area contributed by atoms with Crippen LogP contribution in [-0.2, 0) is 17.5 Å². The van der Waals surface area contributed by atoms with Crippen LogP contribution in [0.25, 0.3) is 0 Å². The number of aromatic nitrogens is 2. The van der Waals surface area contributed by atoms with E-state index in [-0.39, 0.29) is 12.5 Å². The lowest BCUT2D eigenvalue weighted by molar-refractivity contribution is -0.141. The second-order valence-electron chi connectivity index (χ2n) is 5.50. The van der Waals surface area contributed by atoms with E-state index in [1.165, 1.54) is 19.3 Å². The number of carbonyl (C=O) groups is 1. The summed E-state index contributed by atoms with van der Waals surface area (Å²) >= 11 is 0. The summed E-state index contributed by atoms with van der Waals surface area (Å²) in [7, 11) is 0. The minimum absolute atomic E-state index is 0.195. The molecule has 124 valence electrons. The monoisotopic (exact) mass is 318 g/mol. The number of nitrogens with one attached hydrogen (secondary N) is 1. The van der Waals surface area contributed by atoms with Gasteiger partial charge in [0.15, 0.2) is 5.69 Å². The van der Waals surface area contributed by atoms with Gasteiger partial charge in [-0.3, -0.25) is 9.48 Å². The van der Waals surface area contributed by atoms with Crippen molar-refractivity contribution in [3.63, 3.8) is 0 Å². The highest BCUT2D eigenvalue weighted by atomic mass is 19.4. The summed E-state index contributed by atoms with van der Waals surface area (Å²) in [5.74, 6) is -0.324. The van der Waals surface area contributed by atoms with Gasteiger partial charge in [-0.05, 0) is 45.0 Å². The van der Waals surface area contributed by atoms with Gasteiger partial charge in [0.25, 0.3) is 0 Å². The summed E-state index contributed by atoms with van der Waals surface area (Å²) in [5.41, 5.74) is -0.981. The molecule has 0 unspecified atom stereocenters. The third-order valence-corrected chi connectivity index (χ3v) is 3.66. The third-order valence-electron chi connectivity index (χ3n) is 3.66. The molecular weight excluding hydrogens is 297 g/mol. The zero-order chi connectivity index (χ0) is 16.0. The smallest absolute Gasteiger partial charge is 0.354 e. The highest BCUT2D eigenvalue weighted by molar-refractivity contribution is 5.75. The van der Waals surface area contributed by atoms with E-state index >= 15 is 0 Å². The molecule has 1 saturated heterocycles. The number of rotatable bonds is 6. The maximum absolute atomic E-state index is 12.4. The number of piperidine rings is 1. The number of alkyl halides is 3. The zero-order valence-corrected chi connectivity index (χ0v) is 12.4. The first kappa shape index (κ1) is 16.8. The van der Waals surface area contributed by atoms with Gasteiger partial charge >= 0.3 is 6.18 Å². The molecule has 1 aromatic rings. The fraction of sp³-hybridized carbons (Fsp3) is 0.714. The molecule has 8 heteroatoms. The number of halogens is 3. The molecule has 1 fully saturated rings. The molecular formula is C14H21F3N4O. The first-order chi connectivity index (χ1) is 10.4. The molecule has 1 aromatic heterocycles. The number of hydrogen-bond donors (Lipinski definition) is 1. The van der Waals surface area contributed by atoms with Crippen LogP contribution in [0, 0.1) is 0 Å². The Morgan fingerprint density at radius 2 is 2.00 bits per heavy atom. The SMILES string of the molecule is O=C(Cn1ccc(C(F)(F)F)n1)NCCCN1CCCCC1. The maximum Gasteiger partial charge on any atom is 0.435 e. The van der Waals surface area contributed by atoms with Gasteiger partial charge in [-0.1, -0.05) is 6.42 Å². The number of hydrogen-bond acceptors (Lipinski definition) is 3. The lowest BCUT2D eigenvalue weighted by atomic mass is 10.1. The highest BCUT2D eigenvalue weighted by Gasteiger charge is 2.33. The Morgan fingerprint density at radius 1 is 1.27 bits per heavy atom. The Labute approximate surface area is 127 Å². The number of nitrogens with zero attached hydrogens (tertiary/aromatic N) is 3. The van der Waals surface area contributed by atoms with Crippen molar-refractivity contribution in [2.24, 2.45) is 0 Å². The molecule has 0 aliphatic carbocycles. The summed E-state index contributed by atoms with van der Waals surface area (Å²) < 4.78 is 38.2. The number of amides is 1. The topological polar surface area (TPSA) is 50.2 Å². The summed E-state index contributed by atoms with van der Waals surface area (Å²) in [6, 6.07) is 0.865. The fourth-order valence-electron chi connectivity index (χ4n) is 2.52. The zero-order valence-electron chi connectivity index (χ0n) is 12.4. The van der Waals surface area contributed by atoms with Gasteiger partial charge in [0.05, 0.1) is 0 Å². The number of likely N-dealkylation sites (tertiary alicyclic amines) is 1. The maximum atomic E-state index is 12.4. The molecule has 5 nitrogen and oxygen atoms in total. The molecule has 1 N–H and O–H groups in total. The molecule has 1 aliphatic heterocycles. The Morgan fingerprint density at radius 3 is 2.64 bits per heavy atom. The van der Waals surface area contributed by atoms with Crippen molar-refractivity contribution in [2.45, 2.75) is 38.4 Å². The van der Waals surface area contributed by atoms with Gasteiger partial charge in [-0.15, -0.1) is 0 Å². The summed E-state index contributed by atoms with van der Waals surface area (Å²) in [6.45, 7) is 3.51. The van der Waals surface area contributed by atoms with Gasteiger partial charge in [-0.25, -0.2) is 0 Å². The van der Waals surface area contributed by atoms with Gasteiger partial charge in [0.1, 0.15) is 6.54 Å². The van der Waals surface area contributed by atoms with Crippen LogP contribution < -0.4 is 5.32 Å². The van der Waals surface area contributed by atoms with Crippen molar-refractivity contribution in [1.82, 2.24) is 20.0 Å². The fourth-order valence-corrected chi connectivity index (χ4v) is 2.52. The van der Waals surface area contributed by atoms with E-state index in [4.69, 9.17) is 0 Å². The van der Waals surface area contributed by atoms with Crippen molar-refractivity contribution in [2.75, 3.05) is 26.2 Å². The van der Waals surface area contributed by atoms with Gasteiger partial charge in [0.2, 0.25) is 5.91 Å². The molecule has 0 bridgehead atoms. The van der Waals surface area contributed by atoms with E-state index in [2.05, 4.69) is 15.3 Å². The first-order valence-corrected chi connectivity index (χ1v) is 7.55. The molecule has 0 atom stereocenters. The van der Waals surface area contributed by atoms with Crippen molar-refractivity contribution >= 4 is 5.91 Å². The minimum Gasteiger partial charge on any atom is -0.354 e. The Hall–Kier alpha value is -1.57. The van der Waals surface area contributed by atoms with Gasteiger partial charge in [-0.2, -0.15) is 18.3 Å². The molecule has 22 heavy (non-hydrogen) atoms. The molecule has 0 saturated carbocycles.